The summed E-state index contributed by atoms with van der Waals surface area (Å²) in [7, 11) is 1.75. The van der Waals surface area contributed by atoms with Crippen LogP contribution >= 0.6 is 0 Å². The number of hydrogen-bond acceptors (Lipinski definition) is 13. The number of likely N-dealkylation sites (tertiary alicyclic amines) is 1. The van der Waals surface area contributed by atoms with Gasteiger partial charge in [0.25, 0.3) is 0 Å². The van der Waals surface area contributed by atoms with Gasteiger partial charge in [-0.15, -0.1) is 10.2 Å². The number of nitrogens with zero attached hydrogens (tertiary/aromatic N) is 14. The summed E-state index contributed by atoms with van der Waals surface area (Å²) < 4.78 is 64.4. The highest BCUT2D eigenvalue weighted by molar-refractivity contribution is 5.88. The Bertz CT molecular complexity index is 4530. The fourth-order valence-electron chi connectivity index (χ4n) is 12.9. The lowest BCUT2D eigenvalue weighted by Gasteiger charge is -2.41. The molecule has 88 heavy (non-hydrogen) atoms. The summed E-state index contributed by atoms with van der Waals surface area (Å²) in [5, 5.41) is 39.6. The first-order valence-corrected chi connectivity index (χ1v) is 29.9. The molecule has 1 fully saturated rings. The van der Waals surface area contributed by atoms with Crippen LogP contribution in [-0.4, -0.2) is 101 Å². The Morgan fingerprint density at radius 3 is 1.77 bits per heavy atom. The van der Waals surface area contributed by atoms with Gasteiger partial charge in [-0.05, 0) is 187 Å². The van der Waals surface area contributed by atoms with Crippen molar-refractivity contribution < 1.29 is 17.6 Å². The number of allylic oxidation sites excluding steroid dienone is 2. The molecule has 2 N–H and O–H groups in total. The van der Waals surface area contributed by atoms with Crippen LogP contribution in [0.1, 0.15) is 104 Å². The first-order valence-electron chi connectivity index (χ1n) is 29.9. The zero-order chi connectivity index (χ0) is 61.1. The fourth-order valence-corrected chi connectivity index (χ4v) is 12.9. The van der Waals surface area contributed by atoms with Crippen molar-refractivity contribution in [1.82, 2.24) is 79.9 Å². The number of imidazole rings is 2. The molecule has 12 aromatic rings. The van der Waals surface area contributed by atoms with Crippen LogP contribution in [0.5, 0.6) is 0 Å². The molecule has 0 bridgehead atoms. The standard InChI is InChI=1S/C25H29FN6.C22H18F2N4.C21H19FN6/c1-6-31-16(4)8-18(9-17(31)5)22-12-20-21(26)10-19(11-24(20)29-28-22)23-7-14(2)25-27-15(3)13-32(25)30-23;1-28-12-17-9-16(11-19(24)22(17)27-28)20-3-2-14-8-15(10-18(23)21(14)26-20)13-4-6-25-7-5-13;1-12-7-20(27-28-11-13(2)24-21(12)28)19-10-16-17(22)8-15(9-18(16)25-26-19)14-3-5-23-6-4-14/h7,10-13,16-18H,6,8-9H2,1-5H3;2-4,6,8-13,25H,5,7H2,1H3;3,5,7-11,14,23H,4,6H2,1-2H3/t16-,17+,18?;;. The van der Waals surface area contributed by atoms with Crippen LogP contribution in [0, 0.1) is 51.0 Å². The monoisotopic (exact) mass is 1180 g/mol. The highest BCUT2D eigenvalue weighted by Gasteiger charge is 2.32. The summed E-state index contributed by atoms with van der Waals surface area (Å²) in [5.74, 6) is -0.656. The minimum atomic E-state index is -0.413. The molecule has 5 atom stereocenters. The molecule has 4 aromatic carbocycles. The van der Waals surface area contributed by atoms with Gasteiger partial charge in [0.15, 0.2) is 17.1 Å². The third-order valence-corrected chi connectivity index (χ3v) is 17.2. The van der Waals surface area contributed by atoms with Gasteiger partial charge in [0.05, 0.1) is 51.9 Å². The smallest absolute Gasteiger partial charge is 0.156 e. The predicted octanol–water partition coefficient (Wildman–Crippen LogP) is 13.4. The summed E-state index contributed by atoms with van der Waals surface area (Å²) >= 11 is 0. The third kappa shape index (κ3) is 11.4. The van der Waals surface area contributed by atoms with Crippen molar-refractivity contribution in [2.75, 3.05) is 19.6 Å². The molecule has 0 amide bonds. The van der Waals surface area contributed by atoms with Crippen LogP contribution in [0.25, 0.3) is 88.8 Å². The Balaban J connectivity index is 0.000000122. The van der Waals surface area contributed by atoms with Gasteiger partial charge in [-0.3, -0.25) is 9.58 Å². The Kier molecular flexibility index (Phi) is 15.4. The fraction of sp³-hybridized carbons (Fsp3) is 0.294. The van der Waals surface area contributed by atoms with E-state index in [1.54, 1.807) is 57.3 Å². The average molecular weight is 1180 g/mol. The lowest BCUT2D eigenvalue weighted by molar-refractivity contribution is 0.0963. The van der Waals surface area contributed by atoms with Crippen LogP contribution < -0.4 is 10.6 Å². The van der Waals surface area contributed by atoms with Crippen molar-refractivity contribution in [3.8, 4) is 33.9 Å². The second-order valence-corrected chi connectivity index (χ2v) is 23.6. The largest absolute Gasteiger partial charge is 0.391 e. The molecule has 0 saturated carbocycles. The maximum Gasteiger partial charge on any atom is 0.156 e. The number of piperidine rings is 1. The van der Waals surface area contributed by atoms with E-state index in [0.29, 0.717) is 90.1 Å². The van der Waals surface area contributed by atoms with Crippen LogP contribution in [0.4, 0.5) is 17.6 Å². The van der Waals surface area contributed by atoms with Crippen molar-refractivity contribution in [2.45, 2.75) is 104 Å². The SMILES string of the molecule is CCN1[C@H](C)CC(c2cc3c(F)cc(-c4cc(C)c5nc(C)cn5n4)cc3nn2)C[C@@H]1C.Cc1cn2nc(-c3cc4c(F)cc(C5C=CNCC5)cc4nn3)cc(C)c2n1.Cn1cc2cc(-c3ccc4cc(C5C=CNCC5)cc(F)c4n3)cc(F)c2n1. The van der Waals surface area contributed by atoms with E-state index in [4.69, 9.17) is 0 Å². The van der Waals surface area contributed by atoms with Gasteiger partial charge >= 0.3 is 0 Å². The van der Waals surface area contributed by atoms with Gasteiger partial charge in [-0.25, -0.2) is 41.5 Å². The van der Waals surface area contributed by atoms with E-state index in [0.717, 1.165) is 101 Å². The lowest BCUT2D eigenvalue weighted by Crippen LogP contribution is -2.45. The van der Waals surface area contributed by atoms with Gasteiger partial charge in [0.1, 0.15) is 39.9 Å². The quantitative estimate of drug-likeness (QED) is 0.145. The molecule has 11 heterocycles. The Morgan fingerprint density at radius 2 is 1.10 bits per heavy atom. The molecule has 15 rings (SSSR count). The van der Waals surface area contributed by atoms with Gasteiger partial charge in [0, 0.05) is 88.8 Å². The van der Waals surface area contributed by atoms with Gasteiger partial charge < -0.3 is 10.6 Å². The highest BCUT2D eigenvalue weighted by atomic mass is 19.1. The number of aromatic nitrogens is 13. The summed E-state index contributed by atoms with van der Waals surface area (Å²) in [6, 6.07) is 25.8. The summed E-state index contributed by atoms with van der Waals surface area (Å²) in [4.78, 5) is 16.0. The molecule has 3 aliphatic heterocycles. The molecule has 16 nitrogen and oxygen atoms in total. The van der Waals surface area contributed by atoms with E-state index in [9.17, 15) is 13.2 Å². The van der Waals surface area contributed by atoms with E-state index in [1.165, 1.54) is 6.07 Å². The Hall–Kier alpha value is -9.56. The second-order valence-electron chi connectivity index (χ2n) is 23.6. The number of rotatable bonds is 7. The van der Waals surface area contributed by atoms with Crippen molar-refractivity contribution in [2.24, 2.45) is 7.05 Å². The molecular formula is C68H66F4N16. The Labute approximate surface area is 505 Å². The van der Waals surface area contributed by atoms with Crippen LogP contribution in [0.3, 0.4) is 0 Å². The highest BCUT2D eigenvalue weighted by Crippen LogP contribution is 2.37. The second kappa shape index (κ2) is 23.6. The normalized spacial score (nSPS) is 18.6. The molecular weight excluding hydrogens is 1120 g/mol. The van der Waals surface area contributed by atoms with E-state index >= 15 is 4.39 Å². The molecule has 0 aliphatic carbocycles. The molecule has 1 saturated heterocycles. The zero-order valence-electron chi connectivity index (χ0n) is 50.2. The summed E-state index contributed by atoms with van der Waals surface area (Å²) in [6.45, 7) is 17.4. The zero-order valence-corrected chi connectivity index (χ0v) is 50.2. The first kappa shape index (κ1) is 57.5. The van der Waals surface area contributed by atoms with Gasteiger partial charge in [-0.1, -0.05) is 25.1 Å². The van der Waals surface area contributed by atoms with Crippen LogP contribution in [0.2, 0.25) is 0 Å². The number of benzene rings is 4. The third-order valence-electron chi connectivity index (χ3n) is 17.2. The number of hydrogen-bond donors (Lipinski definition) is 2. The van der Waals surface area contributed by atoms with E-state index in [2.05, 4.69) is 99.1 Å². The summed E-state index contributed by atoms with van der Waals surface area (Å²) in [6.07, 6.45) is 17.3. The first-order chi connectivity index (χ1) is 42.5. The van der Waals surface area contributed by atoms with E-state index < -0.39 is 5.82 Å². The predicted molar refractivity (Wildman–Crippen MR) is 336 cm³/mol. The summed E-state index contributed by atoms with van der Waals surface area (Å²) in [5.41, 5.74) is 13.6. The van der Waals surface area contributed by atoms with Crippen molar-refractivity contribution >= 4 is 54.9 Å². The Morgan fingerprint density at radius 1 is 0.523 bits per heavy atom. The number of nitrogens with one attached hydrogen (secondary N) is 2. The number of halogens is 4. The number of pyridine rings is 1. The molecule has 3 unspecified atom stereocenters. The van der Waals surface area contributed by atoms with E-state index in [-0.39, 0.29) is 29.3 Å². The number of fused-ring (bicyclic) bond motifs is 6. The lowest BCUT2D eigenvalue weighted by atomic mass is 9.84. The van der Waals surface area contributed by atoms with Crippen molar-refractivity contribution in [3.05, 3.63) is 191 Å². The maximum atomic E-state index is 15.2. The number of aryl methyl sites for hydroxylation is 5. The minimum absolute atomic E-state index is 0.192. The minimum Gasteiger partial charge on any atom is -0.391 e. The van der Waals surface area contributed by atoms with Crippen LogP contribution in [0.15, 0.2) is 128 Å². The molecule has 0 spiro atoms. The van der Waals surface area contributed by atoms with Crippen molar-refractivity contribution in [3.63, 3.8) is 0 Å². The van der Waals surface area contributed by atoms with E-state index in [1.807, 2.05) is 101 Å². The molecule has 0 radical (unpaired) electrons. The van der Waals surface area contributed by atoms with Crippen molar-refractivity contribution in [1.29, 1.82) is 0 Å². The molecule has 20 heteroatoms. The molecule has 446 valence electrons. The maximum absolute atomic E-state index is 15.2. The van der Waals surface area contributed by atoms with Gasteiger partial charge in [-0.2, -0.15) is 25.5 Å². The molecule has 3 aliphatic rings. The topological polar surface area (TPSA) is 170 Å². The van der Waals surface area contributed by atoms with Crippen LogP contribution in [-0.2, 0) is 7.05 Å². The van der Waals surface area contributed by atoms with Gasteiger partial charge in [0.2, 0.25) is 0 Å². The average Bonchev–Trinajstić information content (AvgIpc) is 1.84. The molecule has 8 aromatic heterocycles.